The highest BCUT2D eigenvalue weighted by atomic mass is 32.2. The zero-order valence-electron chi connectivity index (χ0n) is 16.4. The smallest absolute Gasteiger partial charge is 0.262 e. The first kappa shape index (κ1) is 21.4. The fourth-order valence-electron chi connectivity index (χ4n) is 2.87. The van der Waals surface area contributed by atoms with E-state index in [0.717, 1.165) is 11.1 Å². The third-order valence-electron chi connectivity index (χ3n) is 4.37. The summed E-state index contributed by atoms with van der Waals surface area (Å²) in [5.74, 6) is 0. The fraction of sp³-hybridized carbons (Fsp3) is 0.368. The van der Waals surface area contributed by atoms with E-state index < -0.39 is 20.0 Å². The lowest BCUT2D eigenvalue weighted by Gasteiger charge is -2.17. The molecule has 27 heavy (non-hydrogen) atoms. The van der Waals surface area contributed by atoms with Crippen molar-refractivity contribution < 1.29 is 16.8 Å². The Hall–Kier alpha value is -1.90. The molecule has 0 aliphatic heterocycles. The average Bonchev–Trinajstić information content (AvgIpc) is 2.52. The number of sulfonamides is 2. The van der Waals surface area contributed by atoms with Gasteiger partial charge >= 0.3 is 0 Å². The zero-order chi connectivity index (χ0) is 20.6. The number of aryl methyl sites for hydroxylation is 2. The monoisotopic (exact) mass is 410 g/mol. The molecule has 8 heteroatoms. The molecule has 2 rings (SSSR count). The standard InChI is InChI=1S/C19H26N2O4S2/c1-12(2)20-26(22,23)18-9-7-17(8-10-18)21-27(24,25)19-15(5)13(3)11-14(4)16(19)6/h7-12,20-21H,1-6H3. The Labute approximate surface area is 162 Å². The fourth-order valence-corrected chi connectivity index (χ4v) is 5.80. The molecule has 0 aliphatic rings. The number of anilines is 1. The van der Waals surface area contributed by atoms with Crippen molar-refractivity contribution in [3.05, 3.63) is 52.6 Å². The first-order valence-electron chi connectivity index (χ1n) is 8.58. The number of nitrogens with one attached hydrogen (secondary N) is 2. The minimum absolute atomic E-state index is 0.0814. The maximum Gasteiger partial charge on any atom is 0.262 e. The maximum atomic E-state index is 12.9. The van der Waals surface area contributed by atoms with Gasteiger partial charge in [0.1, 0.15) is 0 Å². The van der Waals surface area contributed by atoms with Crippen LogP contribution in [0.5, 0.6) is 0 Å². The summed E-state index contributed by atoms with van der Waals surface area (Å²) in [6.45, 7) is 10.8. The molecule has 0 aliphatic carbocycles. The molecule has 0 bridgehead atoms. The maximum absolute atomic E-state index is 12.9. The molecule has 0 amide bonds. The highest BCUT2D eigenvalue weighted by Crippen LogP contribution is 2.28. The topological polar surface area (TPSA) is 92.3 Å². The SMILES string of the molecule is Cc1cc(C)c(C)c(S(=O)(=O)Nc2ccc(S(=O)(=O)NC(C)C)cc2)c1C. The molecule has 0 atom stereocenters. The van der Waals surface area contributed by atoms with Crippen molar-refractivity contribution >= 4 is 25.7 Å². The van der Waals surface area contributed by atoms with Crippen molar-refractivity contribution in [3.8, 4) is 0 Å². The predicted molar refractivity (Wildman–Crippen MR) is 108 cm³/mol. The highest BCUT2D eigenvalue weighted by molar-refractivity contribution is 7.92. The number of benzene rings is 2. The lowest BCUT2D eigenvalue weighted by Crippen LogP contribution is -2.30. The van der Waals surface area contributed by atoms with Crippen molar-refractivity contribution in [2.24, 2.45) is 0 Å². The molecule has 0 saturated heterocycles. The summed E-state index contributed by atoms with van der Waals surface area (Å²) in [6.07, 6.45) is 0. The molecule has 0 radical (unpaired) electrons. The van der Waals surface area contributed by atoms with Gasteiger partial charge in [-0.25, -0.2) is 21.6 Å². The van der Waals surface area contributed by atoms with Crippen molar-refractivity contribution in [1.29, 1.82) is 0 Å². The Morgan fingerprint density at radius 3 is 1.70 bits per heavy atom. The van der Waals surface area contributed by atoms with Gasteiger partial charge in [-0.05, 0) is 88.1 Å². The van der Waals surface area contributed by atoms with Gasteiger partial charge in [-0.15, -0.1) is 0 Å². The van der Waals surface area contributed by atoms with E-state index >= 15 is 0 Å². The van der Waals surface area contributed by atoms with Crippen LogP contribution in [0.1, 0.15) is 36.1 Å². The molecule has 2 aromatic carbocycles. The van der Waals surface area contributed by atoms with Crippen LogP contribution in [0.3, 0.4) is 0 Å². The first-order chi connectivity index (χ1) is 12.3. The normalized spacial score (nSPS) is 12.4. The Balaban J connectivity index is 2.38. The third-order valence-corrected chi connectivity index (χ3v) is 7.70. The van der Waals surface area contributed by atoms with Gasteiger partial charge in [0.05, 0.1) is 9.79 Å². The number of hydrogen-bond acceptors (Lipinski definition) is 4. The van der Waals surface area contributed by atoms with E-state index in [1.807, 2.05) is 19.9 Å². The van der Waals surface area contributed by atoms with Crippen LogP contribution in [0.25, 0.3) is 0 Å². The molecule has 0 heterocycles. The van der Waals surface area contributed by atoms with Crippen LogP contribution in [0.4, 0.5) is 5.69 Å². The van der Waals surface area contributed by atoms with Crippen LogP contribution in [0.2, 0.25) is 0 Å². The highest BCUT2D eigenvalue weighted by Gasteiger charge is 2.22. The summed E-state index contributed by atoms with van der Waals surface area (Å²) in [5.41, 5.74) is 3.51. The summed E-state index contributed by atoms with van der Waals surface area (Å²) in [5, 5.41) is 0. The van der Waals surface area contributed by atoms with Gasteiger partial charge in [0.25, 0.3) is 10.0 Å². The Morgan fingerprint density at radius 2 is 1.26 bits per heavy atom. The van der Waals surface area contributed by atoms with Gasteiger partial charge in [0.2, 0.25) is 10.0 Å². The van der Waals surface area contributed by atoms with Crippen LogP contribution in [-0.4, -0.2) is 22.9 Å². The minimum Gasteiger partial charge on any atom is -0.280 e. The summed E-state index contributed by atoms with van der Waals surface area (Å²) < 4.78 is 55.3. The molecular formula is C19H26N2O4S2. The van der Waals surface area contributed by atoms with Crippen LogP contribution >= 0.6 is 0 Å². The van der Waals surface area contributed by atoms with Gasteiger partial charge in [-0.1, -0.05) is 6.07 Å². The molecule has 0 fully saturated rings. The largest absolute Gasteiger partial charge is 0.280 e. The molecule has 148 valence electrons. The van der Waals surface area contributed by atoms with E-state index in [2.05, 4.69) is 9.44 Å². The lowest BCUT2D eigenvalue weighted by atomic mass is 10.0. The predicted octanol–water partition coefficient (Wildman–Crippen LogP) is 3.41. The van der Waals surface area contributed by atoms with Crippen LogP contribution in [0, 0.1) is 27.7 Å². The number of hydrogen-bond donors (Lipinski definition) is 2. The summed E-state index contributed by atoms with van der Waals surface area (Å²) in [7, 11) is -7.43. The lowest BCUT2D eigenvalue weighted by molar-refractivity contribution is 0.570. The van der Waals surface area contributed by atoms with E-state index in [4.69, 9.17) is 0 Å². The molecule has 0 saturated carbocycles. The van der Waals surface area contributed by atoms with E-state index in [1.54, 1.807) is 27.7 Å². The van der Waals surface area contributed by atoms with Gasteiger partial charge in [-0.3, -0.25) is 4.72 Å². The van der Waals surface area contributed by atoms with E-state index in [-0.39, 0.29) is 15.8 Å². The van der Waals surface area contributed by atoms with E-state index in [9.17, 15) is 16.8 Å². The second-order valence-electron chi connectivity index (χ2n) is 7.00. The van der Waals surface area contributed by atoms with Crippen molar-refractivity contribution in [1.82, 2.24) is 4.72 Å². The van der Waals surface area contributed by atoms with Crippen LogP contribution in [-0.2, 0) is 20.0 Å². The van der Waals surface area contributed by atoms with Crippen molar-refractivity contribution in [2.45, 2.75) is 57.4 Å². The van der Waals surface area contributed by atoms with Crippen molar-refractivity contribution in [2.75, 3.05) is 4.72 Å². The molecular weight excluding hydrogens is 384 g/mol. The molecule has 0 aromatic heterocycles. The van der Waals surface area contributed by atoms with Gasteiger partial charge < -0.3 is 0 Å². The second kappa shape index (κ2) is 7.61. The van der Waals surface area contributed by atoms with E-state index in [1.165, 1.54) is 24.3 Å². The zero-order valence-corrected chi connectivity index (χ0v) is 18.0. The molecule has 2 N–H and O–H groups in total. The molecule has 2 aromatic rings. The van der Waals surface area contributed by atoms with Crippen LogP contribution < -0.4 is 9.44 Å². The Bertz CT molecular complexity index is 1030. The summed E-state index contributed by atoms with van der Waals surface area (Å²) in [4.78, 5) is 0.344. The second-order valence-corrected chi connectivity index (χ2v) is 10.3. The van der Waals surface area contributed by atoms with Crippen molar-refractivity contribution in [3.63, 3.8) is 0 Å². The Kier molecular flexibility index (Phi) is 6.03. The molecule has 0 unspecified atom stereocenters. The molecule has 6 nitrogen and oxygen atoms in total. The third kappa shape index (κ3) is 4.69. The minimum atomic E-state index is -3.80. The van der Waals surface area contributed by atoms with Crippen LogP contribution in [0.15, 0.2) is 40.1 Å². The quantitative estimate of drug-likeness (QED) is 0.763. The first-order valence-corrected chi connectivity index (χ1v) is 11.5. The summed E-state index contributed by atoms with van der Waals surface area (Å²) in [6, 6.07) is 7.38. The van der Waals surface area contributed by atoms with Gasteiger partial charge in [0.15, 0.2) is 0 Å². The summed E-state index contributed by atoms with van der Waals surface area (Å²) >= 11 is 0. The van der Waals surface area contributed by atoms with E-state index in [0.29, 0.717) is 16.8 Å². The number of rotatable bonds is 6. The average molecular weight is 411 g/mol. The van der Waals surface area contributed by atoms with Gasteiger partial charge in [0, 0.05) is 11.7 Å². The molecule has 0 spiro atoms. The Morgan fingerprint density at radius 1 is 0.778 bits per heavy atom. The van der Waals surface area contributed by atoms with Gasteiger partial charge in [-0.2, -0.15) is 0 Å².